The number of carbonyl (C=O) groups is 1. The van der Waals surface area contributed by atoms with Crippen molar-refractivity contribution in [1.29, 1.82) is 0 Å². The molecule has 128 valence electrons. The van der Waals surface area contributed by atoms with Crippen LogP contribution < -0.4 is 0 Å². The van der Waals surface area contributed by atoms with Gasteiger partial charge in [0.1, 0.15) is 5.76 Å². The van der Waals surface area contributed by atoms with Crippen LogP contribution in [-0.2, 0) is 6.42 Å². The largest absolute Gasteiger partial charge is 0.361 e. The molecule has 24 heavy (non-hydrogen) atoms. The number of likely N-dealkylation sites (tertiary alicyclic amines) is 1. The normalized spacial score (nSPS) is 18.0. The second kappa shape index (κ2) is 7.11. The third kappa shape index (κ3) is 3.80. The van der Waals surface area contributed by atoms with Crippen LogP contribution in [0.3, 0.4) is 0 Å². The van der Waals surface area contributed by atoms with Gasteiger partial charge in [0.05, 0.1) is 0 Å². The van der Waals surface area contributed by atoms with Crippen molar-refractivity contribution in [3.63, 3.8) is 0 Å². The smallest absolute Gasteiger partial charge is 0.276 e. The Bertz CT molecular complexity index is 730. The minimum absolute atomic E-state index is 0.107. The van der Waals surface area contributed by atoms with Crippen molar-refractivity contribution in [2.24, 2.45) is 5.92 Å². The summed E-state index contributed by atoms with van der Waals surface area (Å²) in [6.45, 7) is 3.13. The third-order valence-corrected chi connectivity index (χ3v) is 4.48. The van der Waals surface area contributed by atoms with Crippen molar-refractivity contribution in [2.45, 2.75) is 32.6 Å². The van der Waals surface area contributed by atoms with E-state index < -0.39 is 11.6 Å². The molecule has 1 fully saturated rings. The number of carbonyl (C=O) groups excluding carboxylic acids is 1. The molecule has 1 saturated heterocycles. The first kappa shape index (κ1) is 16.6. The minimum atomic E-state index is -0.823. The van der Waals surface area contributed by atoms with Gasteiger partial charge in [-0.25, -0.2) is 8.78 Å². The van der Waals surface area contributed by atoms with Crippen LogP contribution in [0.1, 0.15) is 41.1 Å². The molecule has 0 N–H and O–H groups in total. The lowest BCUT2D eigenvalue weighted by Gasteiger charge is -2.32. The fourth-order valence-corrected chi connectivity index (χ4v) is 3.18. The molecule has 0 spiro atoms. The summed E-state index contributed by atoms with van der Waals surface area (Å²) in [5.41, 5.74) is 1.12. The summed E-state index contributed by atoms with van der Waals surface area (Å²) in [6, 6.07) is 5.67. The highest BCUT2D eigenvalue weighted by molar-refractivity contribution is 5.92. The molecule has 0 saturated carbocycles. The monoisotopic (exact) mass is 334 g/mol. The maximum Gasteiger partial charge on any atom is 0.276 e. The number of aromatic nitrogens is 1. The fourth-order valence-electron chi connectivity index (χ4n) is 3.18. The molecule has 2 aromatic rings. The van der Waals surface area contributed by atoms with Crippen LogP contribution >= 0.6 is 0 Å². The van der Waals surface area contributed by atoms with E-state index in [1.165, 1.54) is 6.07 Å². The second-order valence-electron chi connectivity index (χ2n) is 6.37. The van der Waals surface area contributed by atoms with Gasteiger partial charge in [-0.2, -0.15) is 0 Å². The van der Waals surface area contributed by atoms with Crippen molar-refractivity contribution in [3.05, 3.63) is 52.9 Å². The Kier molecular flexibility index (Phi) is 4.92. The highest BCUT2D eigenvalue weighted by atomic mass is 19.2. The van der Waals surface area contributed by atoms with Gasteiger partial charge < -0.3 is 9.42 Å². The van der Waals surface area contributed by atoms with E-state index >= 15 is 0 Å². The van der Waals surface area contributed by atoms with Gasteiger partial charge in [0.2, 0.25) is 0 Å². The highest BCUT2D eigenvalue weighted by Crippen LogP contribution is 2.23. The molecule has 3 rings (SSSR count). The van der Waals surface area contributed by atoms with E-state index in [9.17, 15) is 13.6 Å². The molecule has 6 heteroatoms. The van der Waals surface area contributed by atoms with Crippen molar-refractivity contribution in [1.82, 2.24) is 10.1 Å². The van der Waals surface area contributed by atoms with E-state index in [-0.39, 0.29) is 5.91 Å². The van der Waals surface area contributed by atoms with E-state index in [0.29, 0.717) is 36.9 Å². The molecular formula is C18H20F2N2O2. The number of halogens is 2. The SMILES string of the molecule is Cc1cc(C(=O)N2CCC[C@@H](CCc3ccc(F)c(F)c3)C2)no1. The van der Waals surface area contributed by atoms with Crippen LogP contribution in [0.15, 0.2) is 28.8 Å². The maximum atomic E-state index is 13.3. The molecule has 1 aliphatic rings. The number of aryl methyl sites for hydroxylation is 2. The third-order valence-electron chi connectivity index (χ3n) is 4.48. The van der Waals surface area contributed by atoms with E-state index in [1.807, 2.05) is 0 Å². The zero-order valence-electron chi connectivity index (χ0n) is 13.6. The first-order valence-corrected chi connectivity index (χ1v) is 8.19. The van der Waals surface area contributed by atoms with Gasteiger partial charge in [-0.15, -0.1) is 0 Å². The molecular weight excluding hydrogens is 314 g/mol. The Labute approximate surface area is 139 Å². The number of nitrogens with zero attached hydrogens (tertiary/aromatic N) is 2. The molecule has 0 unspecified atom stereocenters. The summed E-state index contributed by atoms with van der Waals surface area (Å²) in [6.07, 6.45) is 3.48. The molecule has 0 radical (unpaired) electrons. The van der Waals surface area contributed by atoms with Gasteiger partial charge in [-0.1, -0.05) is 11.2 Å². The zero-order valence-corrected chi connectivity index (χ0v) is 13.6. The van der Waals surface area contributed by atoms with Gasteiger partial charge in [0, 0.05) is 19.2 Å². The topological polar surface area (TPSA) is 46.3 Å². The minimum Gasteiger partial charge on any atom is -0.361 e. The molecule has 1 amide bonds. The van der Waals surface area contributed by atoms with Crippen LogP contribution in [0.4, 0.5) is 8.78 Å². The molecule has 1 aromatic heterocycles. The Morgan fingerprint density at radius 3 is 2.88 bits per heavy atom. The Morgan fingerprint density at radius 1 is 1.33 bits per heavy atom. The number of hydrogen-bond acceptors (Lipinski definition) is 3. The zero-order chi connectivity index (χ0) is 17.1. The second-order valence-corrected chi connectivity index (χ2v) is 6.37. The van der Waals surface area contributed by atoms with Crippen molar-refractivity contribution >= 4 is 5.91 Å². The average molecular weight is 334 g/mol. The summed E-state index contributed by atoms with van der Waals surface area (Å²) < 4.78 is 31.2. The van der Waals surface area contributed by atoms with E-state index in [0.717, 1.165) is 30.9 Å². The van der Waals surface area contributed by atoms with Crippen LogP contribution in [0.2, 0.25) is 0 Å². The number of amides is 1. The predicted octanol–water partition coefficient (Wildman–Crippen LogP) is 3.75. The lowest BCUT2D eigenvalue weighted by atomic mass is 9.91. The van der Waals surface area contributed by atoms with Crippen LogP contribution in [0.5, 0.6) is 0 Å². The van der Waals surface area contributed by atoms with Crippen LogP contribution in [0, 0.1) is 24.5 Å². The van der Waals surface area contributed by atoms with Gasteiger partial charge in [0.25, 0.3) is 5.91 Å². The van der Waals surface area contributed by atoms with E-state index in [4.69, 9.17) is 4.52 Å². The van der Waals surface area contributed by atoms with Crippen molar-refractivity contribution < 1.29 is 18.1 Å². The Hall–Kier alpha value is -2.24. The van der Waals surface area contributed by atoms with E-state index in [1.54, 1.807) is 24.0 Å². The Morgan fingerprint density at radius 2 is 2.17 bits per heavy atom. The number of hydrogen-bond donors (Lipinski definition) is 0. The Balaban J connectivity index is 1.57. The van der Waals surface area contributed by atoms with Crippen molar-refractivity contribution in [3.8, 4) is 0 Å². The molecule has 0 aliphatic carbocycles. The quantitative estimate of drug-likeness (QED) is 0.855. The number of rotatable bonds is 4. The summed E-state index contributed by atoms with van der Waals surface area (Å²) in [7, 11) is 0. The lowest BCUT2D eigenvalue weighted by Crippen LogP contribution is -2.40. The summed E-state index contributed by atoms with van der Waals surface area (Å²) in [5, 5.41) is 3.78. The highest BCUT2D eigenvalue weighted by Gasteiger charge is 2.26. The van der Waals surface area contributed by atoms with Crippen molar-refractivity contribution in [2.75, 3.05) is 13.1 Å². The molecule has 2 heterocycles. The average Bonchev–Trinajstić information content (AvgIpc) is 3.02. The molecule has 1 atom stereocenters. The molecule has 4 nitrogen and oxygen atoms in total. The van der Waals surface area contributed by atoms with Crippen LogP contribution in [0.25, 0.3) is 0 Å². The summed E-state index contributed by atoms with van der Waals surface area (Å²) in [4.78, 5) is 14.2. The predicted molar refractivity (Wildman–Crippen MR) is 84.5 cm³/mol. The standard InChI is InChI=1S/C18H20F2N2O2/c1-12-9-17(21-24-12)18(23)22-8-2-3-14(11-22)5-4-13-6-7-15(19)16(20)10-13/h6-7,9-10,14H,2-5,8,11H2,1H3/t14-/m0/s1. The first-order valence-electron chi connectivity index (χ1n) is 8.19. The molecule has 1 aliphatic heterocycles. The maximum absolute atomic E-state index is 13.3. The van der Waals surface area contributed by atoms with Gasteiger partial charge in [-0.3, -0.25) is 4.79 Å². The van der Waals surface area contributed by atoms with E-state index in [2.05, 4.69) is 5.16 Å². The first-order chi connectivity index (χ1) is 11.5. The van der Waals surface area contributed by atoms with Crippen LogP contribution in [-0.4, -0.2) is 29.1 Å². The van der Waals surface area contributed by atoms with Gasteiger partial charge >= 0.3 is 0 Å². The fraction of sp³-hybridized carbons (Fsp3) is 0.444. The summed E-state index contributed by atoms with van der Waals surface area (Å²) in [5.74, 6) is -0.774. The molecule has 1 aromatic carbocycles. The lowest BCUT2D eigenvalue weighted by molar-refractivity contribution is 0.0658. The summed E-state index contributed by atoms with van der Waals surface area (Å²) >= 11 is 0. The van der Waals surface area contributed by atoms with Gasteiger partial charge in [0.15, 0.2) is 17.3 Å². The number of benzene rings is 1. The molecule has 0 bridgehead atoms. The number of piperidine rings is 1. The van der Waals surface area contributed by atoms with Gasteiger partial charge in [-0.05, 0) is 56.2 Å².